The molecule has 0 spiro atoms. The summed E-state index contributed by atoms with van der Waals surface area (Å²) in [5.41, 5.74) is -0.307. The summed E-state index contributed by atoms with van der Waals surface area (Å²) >= 11 is 11.4. The van der Waals surface area contributed by atoms with Gasteiger partial charge in [-0.25, -0.2) is 4.98 Å². The van der Waals surface area contributed by atoms with Gasteiger partial charge in [0.05, 0.1) is 21.8 Å². The number of phenolic OH excluding ortho intramolecular Hbond substituents is 1. The number of phenols is 1. The van der Waals surface area contributed by atoms with Crippen molar-refractivity contribution in [2.45, 2.75) is 0 Å². The number of halogens is 2. The Kier molecular flexibility index (Phi) is 2.09. The average molecular weight is 231 g/mol. The fourth-order valence-electron chi connectivity index (χ4n) is 1.17. The molecule has 0 radical (unpaired) electrons. The van der Waals surface area contributed by atoms with Gasteiger partial charge in [0.15, 0.2) is 5.75 Å². The molecule has 0 atom stereocenters. The molecule has 0 aliphatic heterocycles. The van der Waals surface area contributed by atoms with Gasteiger partial charge in [0.2, 0.25) is 0 Å². The van der Waals surface area contributed by atoms with Crippen LogP contribution < -0.4 is 5.56 Å². The number of aromatic hydroxyl groups is 1. The second-order valence-corrected chi connectivity index (χ2v) is 3.46. The monoisotopic (exact) mass is 230 g/mol. The Labute approximate surface area is 88.1 Å². The summed E-state index contributed by atoms with van der Waals surface area (Å²) in [6, 6.07) is 1.30. The van der Waals surface area contributed by atoms with Gasteiger partial charge in [-0.1, -0.05) is 23.2 Å². The number of hydrogen-bond donors (Lipinski definition) is 2. The molecule has 4 nitrogen and oxygen atoms in total. The van der Waals surface area contributed by atoms with Crippen LogP contribution in [0.2, 0.25) is 10.0 Å². The summed E-state index contributed by atoms with van der Waals surface area (Å²) in [6.07, 6.45) is 1.18. The Balaban J connectivity index is 3.10. The van der Waals surface area contributed by atoms with Gasteiger partial charge in [-0.05, 0) is 6.07 Å². The summed E-state index contributed by atoms with van der Waals surface area (Å²) in [5.74, 6) is -0.239. The molecule has 1 heterocycles. The van der Waals surface area contributed by atoms with Crippen molar-refractivity contribution in [3.63, 3.8) is 0 Å². The Morgan fingerprint density at radius 1 is 1.36 bits per heavy atom. The molecule has 0 bridgehead atoms. The topological polar surface area (TPSA) is 66.0 Å². The molecule has 1 aromatic heterocycles. The molecular weight excluding hydrogens is 227 g/mol. The first-order valence-electron chi connectivity index (χ1n) is 3.65. The van der Waals surface area contributed by atoms with E-state index in [-0.39, 0.29) is 26.7 Å². The Hall–Kier alpha value is -1.26. The number of nitrogens with one attached hydrogen (secondary N) is 1. The van der Waals surface area contributed by atoms with Crippen LogP contribution in [0.5, 0.6) is 5.75 Å². The van der Waals surface area contributed by atoms with E-state index in [0.29, 0.717) is 0 Å². The molecule has 0 saturated heterocycles. The van der Waals surface area contributed by atoms with Crippen LogP contribution in [-0.2, 0) is 0 Å². The van der Waals surface area contributed by atoms with E-state index in [2.05, 4.69) is 9.97 Å². The first kappa shape index (κ1) is 9.30. The molecule has 0 fully saturated rings. The highest BCUT2D eigenvalue weighted by atomic mass is 35.5. The second-order valence-electron chi connectivity index (χ2n) is 2.64. The van der Waals surface area contributed by atoms with Crippen molar-refractivity contribution >= 4 is 34.1 Å². The number of rotatable bonds is 0. The number of benzene rings is 1. The summed E-state index contributed by atoms with van der Waals surface area (Å²) < 4.78 is 0. The van der Waals surface area contributed by atoms with E-state index in [1.165, 1.54) is 12.4 Å². The van der Waals surface area contributed by atoms with Gasteiger partial charge >= 0.3 is 0 Å². The number of H-pyrrole nitrogens is 1. The fraction of sp³-hybridized carbons (Fsp3) is 0. The molecule has 2 aromatic rings. The zero-order chi connectivity index (χ0) is 10.3. The molecule has 14 heavy (non-hydrogen) atoms. The molecule has 72 valence electrons. The molecule has 0 saturated carbocycles. The van der Waals surface area contributed by atoms with Crippen LogP contribution in [0, 0.1) is 0 Å². The van der Waals surface area contributed by atoms with E-state index < -0.39 is 5.56 Å². The Morgan fingerprint density at radius 2 is 2.07 bits per heavy atom. The van der Waals surface area contributed by atoms with Crippen LogP contribution in [0.3, 0.4) is 0 Å². The molecule has 6 heteroatoms. The van der Waals surface area contributed by atoms with Gasteiger partial charge in [0, 0.05) is 0 Å². The van der Waals surface area contributed by atoms with Gasteiger partial charge in [-0.2, -0.15) is 0 Å². The molecule has 2 rings (SSSR count). The van der Waals surface area contributed by atoms with Crippen molar-refractivity contribution in [2.75, 3.05) is 0 Å². The van der Waals surface area contributed by atoms with Gasteiger partial charge in [-0.3, -0.25) is 4.79 Å². The zero-order valence-electron chi connectivity index (χ0n) is 6.71. The lowest BCUT2D eigenvalue weighted by Gasteiger charge is -2.02. The minimum Gasteiger partial charge on any atom is -0.504 e. The molecule has 0 unspecified atom stereocenters. The quantitative estimate of drug-likeness (QED) is 0.727. The van der Waals surface area contributed by atoms with Crippen LogP contribution in [-0.4, -0.2) is 15.1 Å². The lowest BCUT2D eigenvalue weighted by Crippen LogP contribution is -2.06. The van der Waals surface area contributed by atoms with Gasteiger partial charge < -0.3 is 10.1 Å². The maximum atomic E-state index is 11.3. The third-order valence-electron chi connectivity index (χ3n) is 1.80. The average Bonchev–Trinajstić information content (AvgIpc) is 2.14. The standard InChI is InChI=1S/C8H4Cl2N2O2/c9-3-1-4(10)7(13)6-5(3)8(14)12-2-11-6/h1-2,13H,(H,11,12,14). The third-order valence-corrected chi connectivity index (χ3v) is 2.38. The SMILES string of the molecule is O=c1[nH]cnc2c(O)c(Cl)cc(Cl)c12. The predicted molar refractivity (Wildman–Crippen MR) is 54.0 cm³/mol. The van der Waals surface area contributed by atoms with Crippen LogP contribution in [0.4, 0.5) is 0 Å². The van der Waals surface area contributed by atoms with Gasteiger partial charge in [-0.15, -0.1) is 0 Å². The van der Waals surface area contributed by atoms with Crippen molar-refractivity contribution < 1.29 is 5.11 Å². The van der Waals surface area contributed by atoms with Gasteiger partial charge in [0.1, 0.15) is 5.52 Å². The Bertz CT molecular complexity index is 565. The lowest BCUT2D eigenvalue weighted by atomic mass is 10.2. The van der Waals surface area contributed by atoms with Crippen LogP contribution in [0.1, 0.15) is 0 Å². The van der Waals surface area contributed by atoms with E-state index in [9.17, 15) is 9.90 Å². The van der Waals surface area contributed by atoms with E-state index >= 15 is 0 Å². The van der Waals surface area contributed by atoms with Gasteiger partial charge in [0.25, 0.3) is 5.56 Å². The lowest BCUT2D eigenvalue weighted by molar-refractivity contribution is 0.480. The van der Waals surface area contributed by atoms with Crippen molar-refractivity contribution in [1.82, 2.24) is 9.97 Å². The fourth-order valence-corrected chi connectivity index (χ4v) is 1.70. The normalized spacial score (nSPS) is 10.7. The number of nitrogens with zero attached hydrogens (tertiary/aromatic N) is 1. The first-order valence-corrected chi connectivity index (χ1v) is 4.41. The summed E-state index contributed by atoms with van der Waals surface area (Å²) in [6.45, 7) is 0. The molecular formula is C8H4Cl2N2O2. The highest BCUT2D eigenvalue weighted by molar-refractivity contribution is 6.39. The summed E-state index contributed by atoms with van der Waals surface area (Å²) in [5, 5.41) is 9.87. The highest BCUT2D eigenvalue weighted by Crippen LogP contribution is 2.33. The molecule has 1 aromatic carbocycles. The highest BCUT2D eigenvalue weighted by Gasteiger charge is 2.12. The van der Waals surface area contributed by atoms with Crippen LogP contribution in [0.15, 0.2) is 17.2 Å². The van der Waals surface area contributed by atoms with Crippen molar-refractivity contribution in [3.8, 4) is 5.75 Å². The minimum absolute atomic E-state index is 0.0700. The maximum Gasteiger partial charge on any atom is 0.260 e. The van der Waals surface area contributed by atoms with E-state index in [0.717, 1.165) is 0 Å². The van der Waals surface area contributed by atoms with E-state index in [1.54, 1.807) is 0 Å². The molecule has 0 aliphatic carbocycles. The second kappa shape index (κ2) is 3.15. The first-order chi connectivity index (χ1) is 6.61. The zero-order valence-corrected chi connectivity index (χ0v) is 8.23. The number of hydrogen-bond acceptors (Lipinski definition) is 3. The van der Waals surface area contributed by atoms with Crippen LogP contribution in [0.25, 0.3) is 10.9 Å². The van der Waals surface area contributed by atoms with Crippen molar-refractivity contribution in [3.05, 3.63) is 32.8 Å². The molecule has 2 N–H and O–H groups in total. The van der Waals surface area contributed by atoms with E-state index in [1.807, 2.05) is 0 Å². The third kappa shape index (κ3) is 1.23. The summed E-state index contributed by atoms with van der Waals surface area (Å²) in [7, 11) is 0. The minimum atomic E-state index is -0.410. The Morgan fingerprint density at radius 3 is 2.79 bits per heavy atom. The number of fused-ring (bicyclic) bond motifs is 1. The largest absolute Gasteiger partial charge is 0.504 e. The maximum absolute atomic E-state index is 11.3. The van der Waals surface area contributed by atoms with Crippen LogP contribution >= 0.6 is 23.2 Å². The number of aromatic amines is 1. The smallest absolute Gasteiger partial charge is 0.260 e. The predicted octanol–water partition coefficient (Wildman–Crippen LogP) is 1.94. The van der Waals surface area contributed by atoms with E-state index in [4.69, 9.17) is 23.2 Å². The number of aromatic nitrogens is 2. The summed E-state index contributed by atoms with van der Waals surface area (Å²) in [4.78, 5) is 17.5. The van der Waals surface area contributed by atoms with Crippen molar-refractivity contribution in [2.24, 2.45) is 0 Å². The molecule has 0 aliphatic rings. The molecule has 0 amide bonds. The van der Waals surface area contributed by atoms with Crippen molar-refractivity contribution in [1.29, 1.82) is 0 Å².